The van der Waals surface area contributed by atoms with Crippen LogP contribution in [0.1, 0.15) is 5.56 Å². The van der Waals surface area contributed by atoms with Crippen LogP contribution in [-0.4, -0.2) is 54.3 Å². The van der Waals surface area contributed by atoms with E-state index < -0.39 is 0 Å². The van der Waals surface area contributed by atoms with Gasteiger partial charge in [0, 0.05) is 36.7 Å². The summed E-state index contributed by atoms with van der Waals surface area (Å²) in [7, 11) is 0. The third-order valence-corrected chi connectivity index (χ3v) is 5.29. The van der Waals surface area contributed by atoms with Gasteiger partial charge in [0.2, 0.25) is 11.8 Å². The Morgan fingerprint density at radius 3 is 2.54 bits per heavy atom. The number of hydrogen-bond donors (Lipinski definition) is 1. The number of carbonyl (C=O) groups excluding carboxylic acids is 2. The predicted molar refractivity (Wildman–Crippen MR) is 116 cm³/mol. The van der Waals surface area contributed by atoms with Crippen molar-refractivity contribution >= 4 is 51.1 Å². The Morgan fingerprint density at radius 1 is 1.07 bits per heavy atom. The van der Waals surface area contributed by atoms with Crippen molar-refractivity contribution in [2.45, 2.75) is 0 Å². The van der Waals surface area contributed by atoms with Crippen LogP contribution in [0.2, 0.25) is 5.02 Å². The number of carbonyl (C=O) groups is 2. The first-order valence-corrected chi connectivity index (χ1v) is 10.2. The number of benzene rings is 2. The molecular formula is C21H21BrClN3O2. The number of nitrogens with one attached hydrogen (secondary N) is 1. The largest absolute Gasteiger partial charge is 0.337 e. The molecule has 0 radical (unpaired) electrons. The molecule has 2 aromatic carbocycles. The van der Waals surface area contributed by atoms with Crippen molar-refractivity contribution in [2.24, 2.45) is 0 Å². The van der Waals surface area contributed by atoms with Crippen molar-refractivity contribution in [2.75, 3.05) is 38.0 Å². The average Bonchev–Trinajstić information content (AvgIpc) is 2.68. The molecule has 1 aliphatic rings. The van der Waals surface area contributed by atoms with Gasteiger partial charge in [-0.3, -0.25) is 14.5 Å². The van der Waals surface area contributed by atoms with E-state index >= 15 is 0 Å². The van der Waals surface area contributed by atoms with Crippen molar-refractivity contribution in [3.05, 3.63) is 69.7 Å². The lowest BCUT2D eigenvalue weighted by atomic mass is 10.2. The second kappa shape index (κ2) is 9.87. The van der Waals surface area contributed by atoms with Crippen LogP contribution < -0.4 is 5.32 Å². The zero-order valence-corrected chi connectivity index (χ0v) is 17.6. The normalized spacial score (nSPS) is 15.0. The number of amides is 2. The molecule has 2 aromatic rings. The highest BCUT2D eigenvalue weighted by Crippen LogP contribution is 2.20. The summed E-state index contributed by atoms with van der Waals surface area (Å²) in [5.74, 6) is -0.123. The van der Waals surface area contributed by atoms with Crippen LogP contribution in [-0.2, 0) is 9.59 Å². The number of rotatable bonds is 5. The standard InChI is InChI=1S/C21H21BrClN3O2/c22-17-5-3-4-16(14-17)8-9-21(28)26-12-10-25(11-13-26)15-20(27)24-19-7-2-1-6-18(19)23/h1-9,14H,10-13,15H2,(H,24,27). The Balaban J connectivity index is 1.45. The molecule has 7 heteroatoms. The first kappa shape index (κ1) is 20.6. The molecule has 5 nitrogen and oxygen atoms in total. The Bertz CT molecular complexity index is 879. The summed E-state index contributed by atoms with van der Waals surface area (Å²) < 4.78 is 0.978. The van der Waals surface area contributed by atoms with Gasteiger partial charge < -0.3 is 10.2 Å². The zero-order chi connectivity index (χ0) is 19.9. The lowest BCUT2D eigenvalue weighted by Crippen LogP contribution is -2.50. The number of para-hydroxylation sites is 1. The quantitative estimate of drug-likeness (QED) is 0.686. The van der Waals surface area contributed by atoms with Gasteiger partial charge in [-0.15, -0.1) is 0 Å². The Kier molecular flexibility index (Phi) is 7.25. The van der Waals surface area contributed by atoms with Crippen LogP contribution in [0.4, 0.5) is 5.69 Å². The van der Waals surface area contributed by atoms with Gasteiger partial charge in [-0.1, -0.05) is 51.8 Å². The molecule has 0 spiro atoms. The molecule has 28 heavy (non-hydrogen) atoms. The maximum Gasteiger partial charge on any atom is 0.246 e. The zero-order valence-electron chi connectivity index (χ0n) is 15.3. The summed E-state index contributed by atoms with van der Waals surface area (Å²) in [5.41, 5.74) is 1.58. The number of nitrogens with zero attached hydrogens (tertiary/aromatic N) is 2. The number of anilines is 1. The minimum absolute atomic E-state index is 0.0138. The molecule has 1 saturated heterocycles. The van der Waals surface area contributed by atoms with Crippen LogP contribution in [0.3, 0.4) is 0 Å². The molecule has 1 fully saturated rings. The van der Waals surface area contributed by atoms with E-state index in [0.29, 0.717) is 36.9 Å². The van der Waals surface area contributed by atoms with Gasteiger partial charge in [-0.25, -0.2) is 0 Å². The predicted octanol–water partition coefficient (Wildman–Crippen LogP) is 3.90. The van der Waals surface area contributed by atoms with E-state index in [4.69, 9.17) is 11.6 Å². The molecule has 0 saturated carbocycles. The first-order valence-electron chi connectivity index (χ1n) is 9.00. The average molecular weight is 463 g/mol. The van der Waals surface area contributed by atoms with E-state index in [1.165, 1.54) is 0 Å². The molecule has 0 aromatic heterocycles. The number of halogens is 2. The monoisotopic (exact) mass is 461 g/mol. The van der Waals surface area contributed by atoms with E-state index in [2.05, 4.69) is 21.2 Å². The molecule has 1 aliphatic heterocycles. The van der Waals surface area contributed by atoms with Crippen molar-refractivity contribution in [3.63, 3.8) is 0 Å². The van der Waals surface area contributed by atoms with Crippen LogP contribution in [0.25, 0.3) is 6.08 Å². The third-order valence-electron chi connectivity index (χ3n) is 4.47. The smallest absolute Gasteiger partial charge is 0.246 e. The van der Waals surface area contributed by atoms with E-state index in [1.54, 1.807) is 23.1 Å². The Hall–Kier alpha value is -2.15. The number of hydrogen-bond acceptors (Lipinski definition) is 3. The molecule has 0 aliphatic carbocycles. The summed E-state index contributed by atoms with van der Waals surface area (Å²) in [6, 6.07) is 14.9. The van der Waals surface area contributed by atoms with E-state index in [0.717, 1.165) is 10.0 Å². The highest BCUT2D eigenvalue weighted by Gasteiger charge is 2.21. The van der Waals surface area contributed by atoms with Gasteiger partial charge >= 0.3 is 0 Å². The summed E-state index contributed by atoms with van der Waals surface area (Å²) in [6.07, 6.45) is 3.41. The molecule has 3 rings (SSSR count). The van der Waals surface area contributed by atoms with Gasteiger partial charge in [-0.2, -0.15) is 0 Å². The van der Waals surface area contributed by atoms with Gasteiger partial charge in [0.25, 0.3) is 0 Å². The molecule has 0 atom stereocenters. The summed E-state index contributed by atoms with van der Waals surface area (Å²) in [4.78, 5) is 28.4. The van der Waals surface area contributed by atoms with E-state index in [-0.39, 0.29) is 18.4 Å². The Morgan fingerprint density at radius 2 is 1.82 bits per heavy atom. The highest BCUT2D eigenvalue weighted by molar-refractivity contribution is 9.10. The maximum absolute atomic E-state index is 12.4. The summed E-state index contributed by atoms with van der Waals surface area (Å²) in [6.45, 7) is 2.79. The van der Waals surface area contributed by atoms with Gasteiger partial charge in [0.1, 0.15) is 0 Å². The van der Waals surface area contributed by atoms with Crippen molar-refractivity contribution in [3.8, 4) is 0 Å². The van der Waals surface area contributed by atoms with Crippen LogP contribution in [0, 0.1) is 0 Å². The molecular weight excluding hydrogens is 442 g/mol. The fourth-order valence-electron chi connectivity index (χ4n) is 2.96. The minimum Gasteiger partial charge on any atom is -0.337 e. The van der Waals surface area contributed by atoms with Crippen molar-refractivity contribution < 1.29 is 9.59 Å². The molecule has 1 N–H and O–H groups in total. The van der Waals surface area contributed by atoms with Gasteiger partial charge in [-0.05, 0) is 35.9 Å². The van der Waals surface area contributed by atoms with Gasteiger partial charge in [0.05, 0.1) is 17.3 Å². The molecule has 146 valence electrons. The summed E-state index contributed by atoms with van der Waals surface area (Å²) in [5, 5.41) is 3.34. The molecule has 2 amide bonds. The van der Waals surface area contributed by atoms with Gasteiger partial charge in [0.15, 0.2) is 0 Å². The fourth-order valence-corrected chi connectivity index (χ4v) is 3.56. The Labute approximate surface area is 178 Å². The topological polar surface area (TPSA) is 52.7 Å². The van der Waals surface area contributed by atoms with E-state index in [9.17, 15) is 9.59 Å². The van der Waals surface area contributed by atoms with Crippen LogP contribution in [0.5, 0.6) is 0 Å². The van der Waals surface area contributed by atoms with Crippen LogP contribution >= 0.6 is 27.5 Å². The third kappa shape index (κ3) is 5.92. The van der Waals surface area contributed by atoms with Crippen molar-refractivity contribution in [1.82, 2.24) is 9.80 Å². The lowest BCUT2D eigenvalue weighted by Gasteiger charge is -2.33. The van der Waals surface area contributed by atoms with Crippen LogP contribution in [0.15, 0.2) is 59.1 Å². The highest BCUT2D eigenvalue weighted by atomic mass is 79.9. The fraction of sp³-hybridized carbons (Fsp3) is 0.238. The maximum atomic E-state index is 12.4. The van der Waals surface area contributed by atoms with E-state index in [1.807, 2.05) is 47.4 Å². The lowest BCUT2D eigenvalue weighted by molar-refractivity contribution is -0.127. The minimum atomic E-state index is -0.109. The number of piperazine rings is 1. The first-order chi connectivity index (χ1) is 13.5. The molecule has 0 unspecified atom stereocenters. The molecule has 1 heterocycles. The second-order valence-corrected chi connectivity index (χ2v) is 7.84. The van der Waals surface area contributed by atoms with Crippen molar-refractivity contribution in [1.29, 1.82) is 0 Å². The molecule has 0 bridgehead atoms. The SMILES string of the molecule is O=C(CN1CCN(C(=O)C=Cc2cccc(Br)c2)CC1)Nc1ccccc1Cl. The summed E-state index contributed by atoms with van der Waals surface area (Å²) >= 11 is 9.49. The second-order valence-electron chi connectivity index (χ2n) is 6.52.